The third kappa shape index (κ3) is 3.91. The summed E-state index contributed by atoms with van der Waals surface area (Å²) < 4.78 is 0. The zero-order valence-electron chi connectivity index (χ0n) is 17.4. The van der Waals surface area contributed by atoms with Crippen LogP contribution in [0.1, 0.15) is 12.8 Å². The first kappa shape index (κ1) is 19.7. The van der Waals surface area contributed by atoms with Crippen LogP contribution in [0.15, 0.2) is 66.7 Å². The molecule has 1 aliphatic rings. The molecule has 0 atom stereocenters. The van der Waals surface area contributed by atoms with Gasteiger partial charge >= 0.3 is 0 Å². The van der Waals surface area contributed by atoms with Crippen molar-refractivity contribution in [2.75, 3.05) is 25.0 Å². The number of hydrogen-bond donors (Lipinski definition) is 1. The molecule has 1 aliphatic heterocycles. The van der Waals surface area contributed by atoms with E-state index in [2.05, 4.69) is 52.7 Å². The maximum atomic E-state index is 12.0. The van der Waals surface area contributed by atoms with E-state index in [9.17, 15) is 4.79 Å². The van der Waals surface area contributed by atoms with Gasteiger partial charge in [-0.1, -0.05) is 48.5 Å². The van der Waals surface area contributed by atoms with Crippen molar-refractivity contribution in [2.45, 2.75) is 12.8 Å². The monoisotopic (exact) mass is 428 g/mol. The maximum Gasteiger partial charge on any atom is 0.226 e. The van der Waals surface area contributed by atoms with E-state index in [1.165, 1.54) is 10.4 Å². The number of fused-ring (bicyclic) bond motifs is 1. The topological polar surface area (TPSA) is 58.1 Å². The number of rotatable bonds is 4. The third-order valence-corrected chi connectivity index (χ3v) is 7.03. The highest BCUT2D eigenvalue weighted by molar-refractivity contribution is 7.18. The lowest BCUT2D eigenvalue weighted by Crippen LogP contribution is -2.40. The zero-order valence-corrected chi connectivity index (χ0v) is 18.2. The summed E-state index contributed by atoms with van der Waals surface area (Å²) in [5, 5.41) is 3.84. The second-order valence-electron chi connectivity index (χ2n) is 7.79. The summed E-state index contributed by atoms with van der Waals surface area (Å²) in [5.74, 6) is 0.956. The second kappa shape index (κ2) is 8.47. The fourth-order valence-electron chi connectivity index (χ4n) is 4.16. The van der Waals surface area contributed by atoms with Gasteiger partial charge in [-0.15, -0.1) is 11.3 Å². The highest BCUT2D eigenvalue weighted by Gasteiger charge is 2.26. The molecule has 0 radical (unpaired) electrons. The van der Waals surface area contributed by atoms with Crippen LogP contribution in [0.5, 0.6) is 0 Å². The molecule has 0 spiro atoms. The SMILES string of the molecule is CNC(=O)C1CCN(c2nc(-c3ccc(-c4ccccc4)s3)c3ccccc3n2)CC1. The van der Waals surface area contributed by atoms with Crippen molar-refractivity contribution in [3.05, 3.63) is 66.7 Å². The van der Waals surface area contributed by atoms with Crippen LogP contribution in [-0.2, 0) is 4.79 Å². The summed E-state index contributed by atoms with van der Waals surface area (Å²) in [7, 11) is 1.71. The van der Waals surface area contributed by atoms with Gasteiger partial charge in [0.15, 0.2) is 0 Å². The molecule has 3 heterocycles. The first-order valence-electron chi connectivity index (χ1n) is 10.6. The van der Waals surface area contributed by atoms with Gasteiger partial charge in [-0.25, -0.2) is 9.97 Å². The summed E-state index contributed by atoms with van der Waals surface area (Å²) >= 11 is 1.75. The van der Waals surface area contributed by atoms with E-state index in [1.54, 1.807) is 18.4 Å². The number of thiophene rings is 1. The Morgan fingerprint density at radius 1 is 0.935 bits per heavy atom. The lowest BCUT2D eigenvalue weighted by molar-refractivity contribution is -0.125. The van der Waals surface area contributed by atoms with Crippen LogP contribution in [0.2, 0.25) is 0 Å². The van der Waals surface area contributed by atoms with Crippen molar-refractivity contribution in [3.63, 3.8) is 0 Å². The van der Waals surface area contributed by atoms with Gasteiger partial charge in [0, 0.05) is 36.3 Å². The van der Waals surface area contributed by atoms with Crippen molar-refractivity contribution in [3.8, 4) is 21.0 Å². The minimum Gasteiger partial charge on any atom is -0.359 e. The Balaban J connectivity index is 1.51. The highest BCUT2D eigenvalue weighted by Crippen LogP contribution is 2.37. The Hall–Kier alpha value is -3.25. The number of amides is 1. The number of nitrogens with one attached hydrogen (secondary N) is 1. The second-order valence-corrected chi connectivity index (χ2v) is 8.88. The van der Waals surface area contributed by atoms with Crippen LogP contribution < -0.4 is 10.2 Å². The fourth-order valence-corrected chi connectivity index (χ4v) is 5.18. The molecule has 1 amide bonds. The molecule has 5 rings (SSSR count). The van der Waals surface area contributed by atoms with Crippen molar-refractivity contribution >= 4 is 34.1 Å². The Morgan fingerprint density at radius 3 is 2.42 bits per heavy atom. The molecule has 4 aromatic rings. The minimum absolute atomic E-state index is 0.0758. The average Bonchev–Trinajstić information content (AvgIpc) is 3.34. The zero-order chi connectivity index (χ0) is 21.2. The molecule has 6 heteroatoms. The van der Waals surface area contributed by atoms with Crippen molar-refractivity contribution in [2.24, 2.45) is 5.92 Å². The number of aromatic nitrogens is 2. The normalized spacial score (nSPS) is 14.7. The number of carbonyl (C=O) groups is 1. The smallest absolute Gasteiger partial charge is 0.226 e. The molecule has 2 aromatic heterocycles. The lowest BCUT2D eigenvalue weighted by Gasteiger charge is -2.31. The van der Waals surface area contributed by atoms with E-state index in [0.29, 0.717) is 0 Å². The molecular formula is C25H24N4OS. The van der Waals surface area contributed by atoms with E-state index in [0.717, 1.165) is 53.4 Å². The van der Waals surface area contributed by atoms with Gasteiger partial charge in [-0.3, -0.25) is 4.79 Å². The lowest BCUT2D eigenvalue weighted by atomic mass is 9.96. The van der Waals surface area contributed by atoms with E-state index >= 15 is 0 Å². The molecule has 31 heavy (non-hydrogen) atoms. The first-order valence-corrected chi connectivity index (χ1v) is 11.4. The van der Waals surface area contributed by atoms with Gasteiger partial charge in [0.2, 0.25) is 11.9 Å². The van der Waals surface area contributed by atoms with Crippen LogP contribution in [0, 0.1) is 5.92 Å². The standard InChI is InChI=1S/C25H24N4OS/c1-26-24(30)18-13-15-29(16-14-18)25-27-20-10-6-5-9-19(20)23(28-25)22-12-11-21(31-22)17-7-3-2-4-8-17/h2-12,18H,13-16H2,1H3,(H,26,30). The van der Waals surface area contributed by atoms with E-state index in [1.807, 2.05) is 24.3 Å². The van der Waals surface area contributed by atoms with Gasteiger partial charge in [0.25, 0.3) is 0 Å². The molecule has 1 saturated heterocycles. The number of hydrogen-bond acceptors (Lipinski definition) is 5. The summed E-state index contributed by atoms with van der Waals surface area (Å²) in [4.78, 5) is 26.4. The summed E-state index contributed by atoms with van der Waals surface area (Å²) in [6.07, 6.45) is 1.64. The third-order valence-electron chi connectivity index (χ3n) is 5.88. The summed E-state index contributed by atoms with van der Waals surface area (Å²) in [6, 6.07) is 23.0. The molecule has 1 N–H and O–H groups in total. The molecule has 5 nitrogen and oxygen atoms in total. The predicted octanol–water partition coefficient (Wildman–Crippen LogP) is 4.99. The predicted molar refractivity (Wildman–Crippen MR) is 127 cm³/mol. The van der Waals surface area contributed by atoms with E-state index in [4.69, 9.17) is 9.97 Å². The van der Waals surface area contributed by atoms with Crippen molar-refractivity contribution in [1.82, 2.24) is 15.3 Å². The molecule has 2 aromatic carbocycles. The van der Waals surface area contributed by atoms with Crippen molar-refractivity contribution < 1.29 is 4.79 Å². The van der Waals surface area contributed by atoms with Crippen molar-refractivity contribution in [1.29, 1.82) is 0 Å². The Kier molecular flexibility index (Phi) is 5.38. The fraction of sp³-hybridized carbons (Fsp3) is 0.240. The van der Waals surface area contributed by atoms with Gasteiger partial charge < -0.3 is 10.2 Å². The highest BCUT2D eigenvalue weighted by atomic mass is 32.1. The van der Waals surface area contributed by atoms with Gasteiger partial charge in [0.1, 0.15) is 0 Å². The molecule has 0 aliphatic carbocycles. The number of benzene rings is 2. The summed E-state index contributed by atoms with van der Waals surface area (Å²) in [5.41, 5.74) is 3.14. The van der Waals surface area contributed by atoms with Gasteiger partial charge in [-0.2, -0.15) is 0 Å². The first-order chi connectivity index (χ1) is 15.2. The molecule has 1 fully saturated rings. The van der Waals surface area contributed by atoms with Crippen LogP contribution in [0.3, 0.4) is 0 Å². The quantitative estimate of drug-likeness (QED) is 0.498. The van der Waals surface area contributed by atoms with Crippen LogP contribution in [0.4, 0.5) is 5.95 Å². The largest absolute Gasteiger partial charge is 0.359 e. The van der Waals surface area contributed by atoms with Gasteiger partial charge in [-0.05, 0) is 36.6 Å². The molecule has 156 valence electrons. The number of anilines is 1. The number of piperidine rings is 1. The Bertz CT molecular complexity index is 1210. The van der Waals surface area contributed by atoms with E-state index in [-0.39, 0.29) is 11.8 Å². The number of para-hydroxylation sites is 1. The number of carbonyl (C=O) groups excluding carboxylic acids is 1. The minimum atomic E-state index is 0.0758. The molecule has 0 bridgehead atoms. The average molecular weight is 429 g/mol. The molecule has 0 unspecified atom stereocenters. The Labute approximate surface area is 185 Å². The van der Waals surface area contributed by atoms with Crippen LogP contribution >= 0.6 is 11.3 Å². The molecule has 0 saturated carbocycles. The molecular weight excluding hydrogens is 404 g/mol. The van der Waals surface area contributed by atoms with Gasteiger partial charge in [0.05, 0.1) is 16.1 Å². The number of nitrogens with zero attached hydrogens (tertiary/aromatic N) is 3. The summed E-state index contributed by atoms with van der Waals surface area (Å²) in [6.45, 7) is 1.57. The van der Waals surface area contributed by atoms with Crippen LogP contribution in [-0.4, -0.2) is 36.0 Å². The van der Waals surface area contributed by atoms with E-state index < -0.39 is 0 Å². The van der Waals surface area contributed by atoms with Crippen LogP contribution in [0.25, 0.3) is 31.9 Å². The maximum absolute atomic E-state index is 12.0. The Morgan fingerprint density at radius 2 is 1.65 bits per heavy atom.